The normalized spacial score (nSPS) is 19.5. The Hall–Kier alpha value is -1.67. The van der Waals surface area contributed by atoms with Gasteiger partial charge in [0.25, 0.3) is 0 Å². The van der Waals surface area contributed by atoms with E-state index in [0.717, 1.165) is 16.3 Å². The highest BCUT2D eigenvalue weighted by Crippen LogP contribution is 2.33. The Morgan fingerprint density at radius 1 is 1.13 bits per heavy atom. The number of aliphatic hydroxyl groups excluding tert-OH is 1. The van der Waals surface area contributed by atoms with E-state index in [-0.39, 0.29) is 12.2 Å². The molecule has 0 aliphatic heterocycles. The summed E-state index contributed by atoms with van der Waals surface area (Å²) in [4.78, 5) is 11.6. The highest BCUT2D eigenvalue weighted by Gasteiger charge is 2.27. The molecule has 2 aromatic carbocycles. The molecule has 0 bridgehead atoms. The monoisotopic (exact) mass is 198 g/mol. The van der Waals surface area contributed by atoms with E-state index in [1.165, 1.54) is 0 Å². The first-order valence-corrected chi connectivity index (χ1v) is 4.99. The second-order valence-electron chi connectivity index (χ2n) is 3.93. The smallest absolute Gasteiger partial charge is 0.166 e. The molecule has 74 valence electrons. The van der Waals surface area contributed by atoms with Gasteiger partial charge in [-0.1, -0.05) is 24.3 Å². The second kappa shape index (κ2) is 2.91. The number of rotatable bonds is 0. The Kier molecular flexibility index (Phi) is 1.67. The Morgan fingerprint density at radius 3 is 2.53 bits per heavy atom. The highest BCUT2D eigenvalue weighted by molar-refractivity contribution is 6.04. The molecule has 1 unspecified atom stereocenters. The van der Waals surface area contributed by atoms with Crippen molar-refractivity contribution in [3.05, 3.63) is 47.5 Å². The molecule has 0 aromatic heterocycles. The highest BCUT2D eigenvalue weighted by atomic mass is 16.3. The van der Waals surface area contributed by atoms with Gasteiger partial charge < -0.3 is 5.11 Å². The van der Waals surface area contributed by atoms with E-state index in [1.807, 2.05) is 36.4 Å². The average molecular weight is 198 g/mol. The van der Waals surface area contributed by atoms with Crippen molar-refractivity contribution in [2.45, 2.75) is 12.5 Å². The SMILES string of the molecule is O=C1CC(O)c2cc3ccccc3cc21. The molecule has 1 atom stereocenters. The number of hydrogen-bond acceptors (Lipinski definition) is 2. The first-order chi connectivity index (χ1) is 7.25. The van der Waals surface area contributed by atoms with Gasteiger partial charge in [0.05, 0.1) is 6.10 Å². The number of fused-ring (bicyclic) bond motifs is 2. The van der Waals surface area contributed by atoms with Crippen LogP contribution in [0.15, 0.2) is 36.4 Å². The minimum absolute atomic E-state index is 0.0447. The molecule has 3 rings (SSSR count). The van der Waals surface area contributed by atoms with Gasteiger partial charge in [0, 0.05) is 12.0 Å². The van der Waals surface area contributed by atoms with Crippen LogP contribution in [0.1, 0.15) is 28.4 Å². The molecule has 2 nitrogen and oxygen atoms in total. The third kappa shape index (κ3) is 1.18. The first-order valence-electron chi connectivity index (χ1n) is 4.99. The Labute approximate surface area is 87.2 Å². The number of hydrogen-bond donors (Lipinski definition) is 1. The molecule has 15 heavy (non-hydrogen) atoms. The lowest BCUT2D eigenvalue weighted by atomic mass is 10.0. The minimum atomic E-state index is -0.614. The standard InChI is InChI=1S/C13H10O2/c14-12-7-13(15)11-6-9-4-2-1-3-8(9)5-10(11)12/h1-6,12,14H,7H2. The molecule has 0 spiro atoms. The molecular formula is C13H10O2. The molecular weight excluding hydrogens is 188 g/mol. The quantitative estimate of drug-likeness (QED) is 0.706. The Bertz CT molecular complexity index is 557. The zero-order chi connectivity index (χ0) is 10.4. The Morgan fingerprint density at radius 2 is 1.80 bits per heavy atom. The van der Waals surface area contributed by atoms with Crippen LogP contribution in [0.25, 0.3) is 10.8 Å². The molecule has 2 aromatic rings. The van der Waals surface area contributed by atoms with Crippen molar-refractivity contribution in [3.63, 3.8) is 0 Å². The van der Waals surface area contributed by atoms with E-state index in [4.69, 9.17) is 0 Å². The maximum absolute atomic E-state index is 11.6. The second-order valence-corrected chi connectivity index (χ2v) is 3.93. The van der Waals surface area contributed by atoms with Crippen molar-refractivity contribution in [2.75, 3.05) is 0 Å². The summed E-state index contributed by atoms with van der Waals surface area (Å²) in [5.74, 6) is 0.0447. The molecule has 0 saturated carbocycles. The van der Waals surface area contributed by atoms with Crippen molar-refractivity contribution < 1.29 is 9.90 Å². The van der Waals surface area contributed by atoms with Crippen LogP contribution in [-0.4, -0.2) is 10.9 Å². The predicted octanol–water partition coefficient (Wildman–Crippen LogP) is 2.46. The summed E-state index contributed by atoms with van der Waals surface area (Å²) < 4.78 is 0. The van der Waals surface area contributed by atoms with Crippen LogP contribution in [0.5, 0.6) is 0 Å². The van der Waals surface area contributed by atoms with Gasteiger partial charge in [-0.3, -0.25) is 4.79 Å². The van der Waals surface area contributed by atoms with E-state index in [2.05, 4.69) is 0 Å². The third-order valence-corrected chi connectivity index (χ3v) is 2.96. The lowest BCUT2D eigenvalue weighted by molar-refractivity contribution is 0.0930. The van der Waals surface area contributed by atoms with Gasteiger partial charge in [-0.2, -0.15) is 0 Å². The van der Waals surface area contributed by atoms with Crippen LogP contribution in [0.4, 0.5) is 0 Å². The van der Waals surface area contributed by atoms with Gasteiger partial charge in [-0.25, -0.2) is 0 Å². The molecule has 0 amide bonds. The zero-order valence-electron chi connectivity index (χ0n) is 8.10. The van der Waals surface area contributed by atoms with Crippen LogP contribution >= 0.6 is 0 Å². The number of carbonyl (C=O) groups is 1. The van der Waals surface area contributed by atoms with Gasteiger partial charge in [-0.05, 0) is 28.5 Å². The molecule has 2 heteroatoms. The van der Waals surface area contributed by atoms with Gasteiger partial charge >= 0.3 is 0 Å². The summed E-state index contributed by atoms with van der Waals surface area (Å²) in [5, 5.41) is 11.8. The third-order valence-electron chi connectivity index (χ3n) is 2.96. The maximum atomic E-state index is 11.6. The summed E-state index contributed by atoms with van der Waals surface area (Å²) >= 11 is 0. The van der Waals surface area contributed by atoms with E-state index < -0.39 is 6.10 Å². The van der Waals surface area contributed by atoms with Crippen LogP contribution in [0, 0.1) is 0 Å². The van der Waals surface area contributed by atoms with E-state index in [0.29, 0.717) is 5.56 Å². The summed E-state index contributed by atoms with van der Waals surface area (Å²) in [6, 6.07) is 11.7. The molecule has 0 heterocycles. The van der Waals surface area contributed by atoms with Gasteiger partial charge in [0.2, 0.25) is 0 Å². The fourth-order valence-electron chi connectivity index (χ4n) is 2.17. The van der Waals surface area contributed by atoms with Gasteiger partial charge in [0.15, 0.2) is 5.78 Å². The predicted molar refractivity (Wildman–Crippen MR) is 57.9 cm³/mol. The molecule has 0 saturated heterocycles. The number of benzene rings is 2. The van der Waals surface area contributed by atoms with Crippen molar-refractivity contribution in [1.82, 2.24) is 0 Å². The van der Waals surface area contributed by atoms with E-state index in [9.17, 15) is 9.90 Å². The molecule has 0 radical (unpaired) electrons. The summed E-state index contributed by atoms with van der Waals surface area (Å²) in [6.45, 7) is 0. The first kappa shape index (κ1) is 8.62. The van der Waals surface area contributed by atoms with E-state index >= 15 is 0 Å². The number of aliphatic hydroxyl groups is 1. The number of ketones is 1. The van der Waals surface area contributed by atoms with Crippen LogP contribution in [0.2, 0.25) is 0 Å². The largest absolute Gasteiger partial charge is 0.388 e. The summed E-state index contributed by atoms with van der Waals surface area (Å²) in [5.41, 5.74) is 1.46. The number of Topliss-reactive ketones (excluding diaryl/α,β-unsaturated/α-hetero) is 1. The van der Waals surface area contributed by atoms with Crippen molar-refractivity contribution in [3.8, 4) is 0 Å². The minimum Gasteiger partial charge on any atom is -0.388 e. The van der Waals surface area contributed by atoms with Gasteiger partial charge in [0.1, 0.15) is 0 Å². The van der Waals surface area contributed by atoms with Crippen molar-refractivity contribution in [2.24, 2.45) is 0 Å². The van der Waals surface area contributed by atoms with Crippen LogP contribution in [0.3, 0.4) is 0 Å². The van der Waals surface area contributed by atoms with E-state index in [1.54, 1.807) is 0 Å². The topological polar surface area (TPSA) is 37.3 Å². The van der Waals surface area contributed by atoms with Crippen LogP contribution < -0.4 is 0 Å². The fourth-order valence-corrected chi connectivity index (χ4v) is 2.17. The summed E-state index contributed by atoms with van der Waals surface area (Å²) in [7, 11) is 0. The lowest BCUT2D eigenvalue weighted by Gasteiger charge is -2.04. The molecule has 1 aliphatic rings. The maximum Gasteiger partial charge on any atom is 0.166 e. The van der Waals surface area contributed by atoms with Gasteiger partial charge in [-0.15, -0.1) is 0 Å². The molecule has 1 N–H and O–H groups in total. The molecule has 1 aliphatic carbocycles. The summed E-state index contributed by atoms with van der Waals surface area (Å²) in [6.07, 6.45) is -0.386. The molecule has 0 fully saturated rings. The van der Waals surface area contributed by atoms with Crippen LogP contribution in [-0.2, 0) is 0 Å². The zero-order valence-corrected chi connectivity index (χ0v) is 8.10. The average Bonchev–Trinajstić information content (AvgIpc) is 2.52. The van der Waals surface area contributed by atoms with Crippen molar-refractivity contribution in [1.29, 1.82) is 0 Å². The number of carbonyl (C=O) groups excluding carboxylic acids is 1. The lowest BCUT2D eigenvalue weighted by Crippen LogP contribution is -1.90. The van der Waals surface area contributed by atoms with Crippen molar-refractivity contribution >= 4 is 16.6 Å². The fraction of sp³-hybridized carbons (Fsp3) is 0.154. The Balaban J connectivity index is 2.36.